The highest BCUT2D eigenvalue weighted by atomic mass is 79.9. The number of nitrogens with one attached hydrogen (secondary N) is 1. The summed E-state index contributed by atoms with van der Waals surface area (Å²) in [6, 6.07) is 0. The lowest BCUT2D eigenvalue weighted by atomic mass is 9.95. The molecular formula is C11H17BrN2O3S2. The van der Waals surface area contributed by atoms with Gasteiger partial charge in [-0.3, -0.25) is 0 Å². The average Bonchev–Trinajstić information content (AvgIpc) is 2.63. The molecular weight excluding hydrogens is 352 g/mol. The molecule has 2 rings (SSSR count). The van der Waals surface area contributed by atoms with Crippen molar-refractivity contribution < 1.29 is 14.1 Å². The molecule has 0 radical (unpaired) electrons. The van der Waals surface area contributed by atoms with Crippen LogP contribution >= 0.6 is 27.3 Å². The lowest BCUT2D eigenvalue weighted by molar-refractivity contribution is -0.0649. The first-order chi connectivity index (χ1) is 8.78. The van der Waals surface area contributed by atoms with Crippen molar-refractivity contribution in [3.05, 3.63) is 14.5 Å². The van der Waals surface area contributed by atoms with Gasteiger partial charge in [0.15, 0.2) is 3.92 Å². The van der Waals surface area contributed by atoms with Gasteiger partial charge in [0.2, 0.25) is 0 Å². The van der Waals surface area contributed by atoms with Crippen molar-refractivity contribution in [3.8, 4) is 0 Å². The van der Waals surface area contributed by atoms with Crippen LogP contribution in [0.1, 0.15) is 31.3 Å². The average molecular weight is 369 g/mol. The fourth-order valence-electron chi connectivity index (χ4n) is 1.68. The topological polar surface area (TPSA) is 71.5 Å². The summed E-state index contributed by atoms with van der Waals surface area (Å²) in [7, 11) is -1.20. The van der Waals surface area contributed by atoms with Crippen molar-refractivity contribution >= 4 is 38.3 Å². The van der Waals surface area contributed by atoms with Gasteiger partial charge in [-0.2, -0.15) is 0 Å². The second-order valence-electron chi connectivity index (χ2n) is 5.46. The van der Waals surface area contributed by atoms with Gasteiger partial charge in [-0.25, -0.2) is 13.9 Å². The molecule has 1 aliphatic heterocycles. The maximum absolute atomic E-state index is 12.3. The summed E-state index contributed by atoms with van der Waals surface area (Å²) in [5.74, 6) is 0. The molecule has 5 nitrogen and oxygen atoms in total. The Hall–Kier alpha value is 0.140. The summed E-state index contributed by atoms with van der Waals surface area (Å²) < 4.78 is 21.1. The van der Waals surface area contributed by atoms with Crippen molar-refractivity contribution in [2.75, 3.05) is 13.2 Å². The quantitative estimate of drug-likeness (QED) is 0.847. The Labute approximate surface area is 127 Å². The van der Waals surface area contributed by atoms with Gasteiger partial charge in [-0.05, 0) is 36.7 Å². The van der Waals surface area contributed by atoms with Crippen molar-refractivity contribution in [1.82, 2.24) is 9.71 Å². The summed E-state index contributed by atoms with van der Waals surface area (Å²) in [5, 5.41) is 9.39. The second-order valence-corrected chi connectivity index (χ2v) is 9.70. The Morgan fingerprint density at radius 2 is 2.21 bits per heavy atom. The molecule has 8 heteroatoms. The third-order valence-corrected chi connectivity index (χ3v) is 6.24. The lowest BCUT2D eigenvalue weighted by Gasteiger charge is -2.42. The number of nitrogens with zero attached hydrogens (tertiary/aromatic N) is 1. The van der Waals surface area contributed by atoms with Crippen molar-refractivity contribution in [2.24, 2.45) is 0 Å². The summed E-state index contributed by atoms with van der Waals surface area (Å²) in [6.07, 6.45) is 0. The molecule has 1 atom stereocenters. The Kier molecular flexibility index (Phi) is 4.49. The molecule has 0 aromatic carbocycles. The van der Waals surface area contributed by atoms with E-state index >= 15 is 0 Å². The minimum Gasteiger partial charge on any atom is -0.390 e. The number of hydrogen-bond acceptors (Lipinski definition) is 5. The minimum atomic E-state index is -1.20. The molecule has 108 valence electrons. The molecule has 19 heavy (non-hydrogen) atoms. The van der Waals surface area contributed by atoms with Crippen LogP contribution in [0.25, 0.3) is 0 Å². The van der Waals surface area contributed by atoms with Crippen LogP contribution in [0.4, 0.5) is 0 Å². The van der Waals surface area contributed by atoms with E-state index in [1.165, 1.54) is 11.3 Å². The van der Waals surface area contributed by atoms with E-state index in [-0.39, 0.29) is 11.4 Å². The normalized spacial score (nSPS) is 20.1. The van der Waals surface area contributed by atoms with Gasteiger partial charge in [-0.1, -0.05) is 0 Å². The number of ether oxygens (including phenoxy) is 1. The Morgan fingerprint density at radius 3 is 2.63 bits per heavy atom. The number of rotatable bonds is 4. The first-order valence-corrected chi connectivity index (χ1v) is 8.58. The fourth-order valence-corrected chi connectivity index (χ4v) is 4.24. The van der Waals surface area contributed by atoms with Gasteiger partial charge in [0.05, 0.1) is 46.1 Å². The largest absolute Gasteiger partial charge is 0.390 e. The van der Waals surface area contributed by atoms with Crippen LogP contribution in [0.5, 0.6) is 0 Å². The summed E-state index contributed by atoms with van der Waals surface area (Å²) in [6.45, 7) is 6.49. The van der Waals surface area contributed by atoms with Crippen molar-refractivity contribution in [3.63, 3.8) is 0 Å². The molecule has 0 aliphatic carbocycles. The van der Waals surface area contributed by atoms with Crippen LogP contribution in [0.3, 0.4) is 0 Å². The lowest BCUT2D eigenvalue weighted by Crippen LogP contribution is -2.59. The van der Waals surface area contributed by atoms with Gasteiger partial charge in [0.25, 0.3) is 0 Å². The Morgan fingerprint density at radius 1 is 1.58 bits per heavy atom. The number of hydrogen-bond donors (Lipinski definition) is 2. The van der Waals surface area contributed by atoms with Crippen LogP contribution < -0.4 is 4.72 Å². The van der Waals surface area contributed by atoms with E-state index in [4.69, 9.17) is 4.74 Å². The smallest absolute Gasteiger partial charge is 0.159 e. The first kappa shape index (κ1) is 15.5. The summed E-state index contributed by atoms with van der Waals surface area (Å²) >= 11 is 4.77. The van der Waals surface area contributed by atoms with Crippen molar-refractivity contribution in [1.29, 1.82) is 0 Å². The molecule has 1 aromatic rings. The summed E-state index contributed by atoms with van der Waals surface area (Å²) in [5.41, 5.74) is 0.110. The van der Waals surface area contributed by atoms with Crippen molar-refractivity contribution in [2.45, 2.75) is 37.7 Å². The predicted molar refractivity (Wildman–Crippen MR) is 79.3 cm³/mol. The summed E-state index contributed by atoms with van der Waals surface area (Å²) in [4.78, 5) is 5.13. The molecule has 1 aromatic heterocycles. The van der Waals surface area contributed by atoms with Crippen LogP contribution in [-0.4, -0.2) is 32.3 Å². The van der Waals surface area contributed by atoms with E-state index in [1.807, 2.05) is 20.8 Å². The zero-order valence-corrected chi connectivity index (χ0v) is 14.2. The van der Waals surface area contributed by atoms with Crippen LogP contribution in [-0.2, 0) is 27.9 Å². The maximum atomic E-state index is 12.3. The molecule has 0 spiro atoms. The second kappa shape index (κ2) is 5.50. The van der Waals surface area contributed by atoms with E-state index in [0.29, 0.717) is 22.8 Å². The molecule has 0 bridgehead atoms. The number of aromatic nitrogens is 1. The van der Waals surface area contributed by atoms with E-state index in [0.717, 1.165) is 4.88 Å². The fraction of sp³-hybridized carbons (Fsp3) is 0.727. The zero-order valence-electron chi connectivity index (χ0n) is 11.0. The van der Waals surface area contributed by atoms with Gasteiger partial charge < -0.3 is 9.84 Å². The van der Waals surface area contributed by atoms with Gasteiger partial charge in [-0.15, -0.1) is 11.3 Å². The van der Waals surface area contributed by atoms with E-state index in [1.54, 1.807) is 0 Å². The van der Waals surface area contributed by atoms with E-state index in [9.17, 15) is 9.32 Å². The molecule has 1 aliphatic rings. The van der Waals surface area contributed by atoms with Gasteiger partial charge in [0.1, 0.15) is 5.54 Å². The molecule has 2 N–H and O–H groups in total. The Balaban J connectivity index is 2.30. The third kappa shape index (κ3) is 3.08. The maximum Gasteiger partial charge on any atom is 0.159 e. The highest BCUT2D eigenvalue weighted by Crippen LogP contribution is 2.38. The number of aliphatic hydroxyl groups is 1. The van der Waals surface area contributed by atoms with Gasteiger partial charge >= 0.3 is 0 Å². The Bertz CT molecular complexity index is 495. The number of thiazole rings is 1. The predicted octanol–water partition coefficient (Wildman–Crippen LogP) is 1.68. The highest BCUT2D eigenvalue weighted by molar-refractivity contribution is 9.11. The number of aliphatic hydroxyl groups excluding tert-OH is 1. The van der Waals surface area contributed by atoms with Crippen LogP contribution in [0.2, 0.25) is 0 Å². The van der Waals surface area contributed by atoms with Gasteiger partial charge in [0, 0.05) is 0 Å². The minimum absolute atomic E-state index is 0.136. The van der Waals surface area contributed by atoms with Crippen LogP contribution in [0.15, 0.2) is 3.92 Å². The molecule has 1 unspecified atom stereocenters. The standard InChI is InChI=1S/C11H17BrN2O3S2/c1-10(2,3)19(16)14-11(5-17-6-11)8-7(4-15)13-9(12)18-8/h14-15H,4-6H2,1-3H3. The SMILES string of the molecule is CC(C)(C)S(=O)NC1(c2sc(Br)nc2CO)COC1. The molecule has 0 amide bonds. The third-order valence-electron chi connectivity index (χ3n) is 2.80. The van der Waals surface area contributed by atoms with Crippen LogP contribution in [0, 0.1) is 0 Å². The monoisotopic (exact) mass is 368 g/mol. The molecule has 1 saturated heterocycles. The highest BCUT2D eigenvalue weighted by Gasteiger charge is 2.46. The molecule has 2 heterocycles. The molecule has 1 fully saturated rings. The first-order valence-electron chi connectivity index (χ1n) is 5.82. The van der Waals surface area contributed by atoms with E-state index < -0.39 is 16.5 Å². The number of halogens is 1. The zero-order chi connectivity index (χ0) is 14.3. The molecule has 0 saturated carbocycles. The van der Waals surface area contributed by atoms with E-state index in [2.05, 4.69) is 25.6 Å².